The third-order valence-corrected chi connectivity index (χ3v) is 5.40. The molecule has 100 valence electrons. The predicted octanol–water partition coefficient (Wildman–Crippen LogP) is 1.32. The van der Waals surface area contributed by atoms with Gasteiger partial charge in [-0.1, -0.05) is 6.92 Å². The molecule has 17 heavy (non-hydrogen) atoms. The third kappa shape index (κ3) is 3.85. The highest BCUT2D eigenvalue weighted by atomic mass is 32.2. The van der Waals surface area contributed by atoms with Crippen molar-refractivity contribution in [2.75, 3.05) is 32.0 Å². The molecule has 2 saturated heterocycles. The van der Waals surface area contributed by atoms with E-state index in [0.29, 0.717) is 18.7 Å². The lowest BCUT2D eigenvalue weighted by atomic mass is 10.0. The minimum Gasteiger partial charge on any atom is -0.395 e. The highest BCUT2D eigenvalue weighted by Crippen LogP contribution is 2.29. The largest absolute Gasteiger partial charge is 0.395 e. The smallest absolute Gasteiger partial charge is 0.0558 e. The molecule has 2 aliphatic heterocycles. The van der Waals surface area contributed by atoms with Gasteiger partial charge < -0.3 is 10.4 Å². The molecular weight excluding hydrogens is 232 g/mol. The Hall–Kier alpha value is 0.230. The summed E-state index contributed by atoms with van der Waals surface area (Å²) in [5.74, 6) is 1.31. The van der Waals surface area contributed by atoms with E-state index in [-0.39, 0.29) is 0 Å². The summed E-state index contributed by atoms with van der Waals surface area (Å²) in [5.41, 5.74) is 0. The fraction of sp³-hybridized carbons (Fsp3) is 1.00. The van der Waals surface area contributed by atoms with Crippen molar-refractivity contribution in [1.29, 1.82) is 0 Å². The van der Waals surface area contributed by atoms with E-state index in [1.165, 1.54) is 38.0 Å². The van der Waals surface area contributed by atoms with E-state index in [1.807, 2.05) is 0 Å². The molecule has 3 nitrogen and oxygen atoms in total. The van der Waals surface area contributed by atoms with Gasteiger partial charge in [-0.05, 0) is 38.0 Å². The summed E-state index contributed by atoms with van der Waals surface area (Å²) in [6, 6.07) is 1.32. The van der Waals surface area contributed by atoms with E-state index in [0.717, 1.165) is 18.3 Å². The van der Waals surface area contributed by atoms with Gasteiger partial charge in [0.15, 0.2) is 0 Å². The van der Waals surface area contributed by atoms with Gasteiger partial charge in [0.05, 0.1) is 6.61 Å². The number of hydrogen-bond donors (Lipinski definition) is 2. The van der Waals surface area contributed by atoms with Crippen LogP contribution in [0.2, 0.25) is 0 Å². The van der Waals surface area contributed by atoms with Crippen LogP contribution >= 0.6 is 11.8 Å². The first-order valence-electron chi connectivity index (χ1n) is 7.01. The molecule has 0 aromatic carbocycles. The van der Waals surface area contributed by atoms with Gasteiger partial charge in [0, 0.05) is 30.4 Å². The number of thioether (sulfide) groups is 1. The van der Waals surface area contributed by atoms with Crippen LogP contribution in [-0.2, 0) is 0 Å². The minimum absolute atomic E-state index is 0.292. The van der Waals surface area contributed by atoms with Crippen LogP contribution in [-0.4, -0.2) is 59.3 Å². The summed E-state index contributed by atoms with van der Waals surface area (Å²) in [7, 11) is 0. The normalized spacial score (nSPS) is 34.4. The molecule has 0 saturated carbocycles. The lowest BCUT2D eigenvalue weighted by molar-refractivity contribution is 0.131. The van der Waals surface area contributed by atoms with E-state index in [1.54, 1.807) is 0 Å². The SMILES string of the molecule is CC1SCCCC1N(CCO)CC1CCCN1. The average Bonchev–Trinajstić information content (AvgIpc) is 2.82. The molecule has 0 amide bonds. The zero-order chi connectivity index (χ0) is 12.1. The second-order valence-corrected chi connectivity index (χ2v) is 6.78. The van der Waals surface area contributed by atoms with Gasteiger partial charge in [0.25, 0.3) is 0 Å². The van der Waals surface area contributed by atoms with Gasteiger partial charge in [-0.3, -0.25) is 4.90 Å². The van der Waals surface area contributed by atoms with Crippen LogP contribution in [0.5, 0.6) is 0 Å². The summed E-state index contributed by atoms with van der Waals surface area (Å²) in [4.78, 5) is 2.53. The maximum atomic E-state index is 9.26. The maximum Gasteiger partial charge on any atom is 0.0558 e. The topological polar surface area (TPSA) is 35.5 Å². The van der Waals surface area contributed by atoms with Gasteiger partial charge in [-0.15, -0.1) is 0 Å². The molecule has 2 aliphatic rings. The number of hydrogen-bond acceptors (Lipinski definition) is 4. The first kappa shape index (κ1) is 13.7. The summed E-state index contributed by atoms with van der Waals surface area (Å²) < 4.78 is 0. The quantitative estimate of drug-likeness (QED) is 0.779. The Labute approximate surface area is 109 Å². The van der Waals surface area contributed by atoms with Gasteiger partial charge in [0.2, 0.25) is 0 Å². The number of nitrogens with one attached hydrogen (secondary N) is 1. The van der Waals surface area contributed by atoms with Crippen molar-refractivity contribution in [3.05, 3.63) is 0 Å². The van der Waals surface area contributed by atoms with E-state index in [4.69, 9.17) is 0 Å². The lowest BCUT2D eigenvalue weighted by Crippen LogP contribution is -2.49. The number of aliphatic hydroxyl groups is 1. The summed E-state index contributed by atoms with van der Waals surface area (Å²) in [5, 5.41) is 13.5. The van der Waals surface area contributed by atoms with Crippen LogP contribution < -0.4 is 5.32 Å². The van der Waals surface area contributed by atoms with Crippen LogP contribution in [0.3, 0.4) is 0 Å². The van der Waals surface area contributed by atoms with E-state index in [2.05, 4.69) is 28.9 Å². The molecule has 0 radical (unpaired) electrons. The predicted molar refractivity (Wildman–Crippen MR) is 74.6 cm³/mol. The van der Waals surface area contributed by atoms with Gasteiger partial charge in [-0.2, -0.15) is 11.8 Å². The van der Waals surface area contributed by atoms with Crippen molar-refractivity contribution < 1.29 is 5.11 Å². The van der Waals surface area contributed by atoms with Crippen molar-refractivity contribution >= 4 is 11.8 Å². The van der Waals surface area contributed by atoms with Crippen molar-refractivity contribution in [1.82, 2.24) is 10.2 Å². The fourth-order valence-electron chi connectivity index (χ4n) is 3.10. The average molecular weight is 258 g/mol. The number of rotatable bonds is 5. The van der Waals surface area contributed by atoms with Crippen LogP contribution in [0, 0.1) is 0 Å². The Bertz CT molecular complexity index is 221. The molecule has 0 aromatic heterocycles. The molecule has 2 fully saturated rings. The first-order chi connectivity index (χ1) is 8.31. The van der Waals surface area contributed by atoms with Gasteiger partial charge in [0.1, 0.15) is 0 Å². The Morgan fingerprint density at radius 1 is 1.35 bits per heavy atom. The van der Waals surface area contributed by atoms with Gasteiger partial charge >= 0.3 is 0 Å². The second kappa shape index (κ2) is 6.98. The standard InChI is InChI=1S/C13H26N2OS/c1-11-13(5-3-9-17-11)15(7-8-16)10-12-4-2-6-14-12/h11-14,16H,2-10H2,1H3. The van der Waals surface area contributed by atoms with Crippen molar-refractivity contribution in [3.8, 4) is 0 Å². The van der Waals surface area contributed by atoms with Crippen molar-refractivity contribution in [2.45, 2.75) is 49.9 Å². The Balaban J connectivity index is 1.89. The molecule has 3 unspecified atom stereocenters. The highest BCUT2D eigenvalue weighted by molar-refractivity contribution is 7.99. The van der Waals surface area contributed by atoms with E-state index < -0.39 is 0 Å². The van der Waals surface area contributed by atoms with E-state index >= 15 is 0 Å². The molecule has 2 rings (SSSR count). The fourth-order valence-corrected chi connectivity index (χ4v) is 4.34. The third-order valence-electron chi connectivity index (χ3n) is 4.04. The summed E-state index contributed by atoms with van der Waals surface area (Å²) in [6.45, 7) is 5.78. The Morgan fingerprint density at radius 2 is 2.24 bits per heavy atom. The van der Waals surface area contributed by atoms with Crippen LogP contribution in [0.4, 0.5) is 0 Å². The van der Waals surface area contributed by atoms with Crippen molar-refractivity contribution in [2.24, 2.45) is 0 Å². The Kier molecular flexibility index (Phi) is 5.60. The number of aliphatic hydroxyl groups excluding tert-OH is 1. The molecule has 0 spiro atoms. The van der Waals surface area contributed by atoms with Crippen LogP contribution in [0.1, 0.15) is 32.6 Å². The van der Waals surface area contributed by atoms with Gasteiger partial charge in [-0.25, -0.2) is 0 Å². The van der Waals surface area contributed by atoms with Crippen molar-refractivity contribution in [3.63, 3.8) is 0 Å². The van der Waals surface area contributed by atoms with Crippen LogP contribution in [0.15, 0.2) is 0 Å². The molecule has 2 heterocycles. The minimum atomic E-state index is 0.292. The molecule has 0 bridgehead atoms. The lowest BCUT2D eigenvalue weighted by Gasteiger charge is -2.39. The summed E-state index contributed by atoms with van der Waals surface area (Å²) >= 11 is 2.09. The molecular formula is C13H26N2OS. The van der Waals surface area contributed by atoms with Crippen LogP contribution in [0.25, 0.3) is 0 Å². The Morgan fingerprint density at radius 3 is 2.88 bits per heavy atom. The monoisotopic (exact) mass is 258 g/mol. The number of nitrogens with zero attached hydrogens (tertiary/aromatic N) is 1. The van der Waals surface area contributed by atoms with E-state index in [9.17, 15) is 5.11 Å². The highest BCUT2D eigenvalue weighted by Gasteiger charge is 2.29. The maximum absolute atomic E-state index is 9.26. The molecule has 0 aromatic rings. The first-order valence-corrected chi connectivity index (χ1v) is 8.06. The molecule has 0 aliphatic carbocycles. The zero-order valence-corrected chi connectivity index (χ0v) is 11.7. The summed E-state index contributed by atoms with van der Waals surface area (Å²) in [6.07, 6.45) is 5.25. The molecule has 2 N–H and O–H groups in total. The zero-order valence-electron chi connectivity index (χ0n) is 10.9. The second-order valence-electron chi connectivity index (χ2n) is 5.30. The molecule has 4 heteroatoms. The molecule has 3 atom stereocenters.